The molecule has 0 saturated heterocycles. The number of likely N-dealkylation sites (N-methyl/N-ethyl adjacent to an activating group) is 1. The zero-order valence-corrected chi connectivity index (χ0v) is 14.7. The molecule has 0 aromatic heterocycles. The molecule has 0 aliphatic carbocycles. The number of benzene rings is 2. The molecule has 0 aliphatic heterocycles. The second-order valence-electron chi connectivity index (χ2n) is 5.80. The molecule has 1 N–H and O–H groups in total. The van der Waals surface area contributed by atoms with Gasteiger partial charge in [0.05, 0.1) is 13.2 Å². The first-order chi connectivity index (χ1) is 12.1. The van der Waals surface area contributed by atoms with E-state index in [4.69, 9.17) is 4.74 Å². The summed E-state index contributed by atoms with van der Waals surface area (Å²) >= 11 is 0. The first-order valence-electron chi connectivity index (χ1n) is 8.43. The fraction of sp³-hybridized carbons (Fsp3) is 0.300. The van der Waals surface area contributed by atoms with Gasteiger partial charge in [-0.25, -0.2) is 0 Å². The van der Waals surface area contributed by atoms with Crippen molar-refractivity contribution in [2.24, 2.45) is 0 Å². The Kier molecular flexibility index (Phi) is 7.01. The summed E-state index contributed by atoms with van der Waals surface area (Å²) in [6, 6.07) is 16.2. The van der Waals surface area contributed by atoms with Gasteiger partial charge in [0.1, 0.15) is 5.75 Å². The van der Waals surface area contributed by atoms with Gasteiger partial charge in [-0.15, -0.1) is 0 Å². The van der Waals surface area contributed by atoms with Crippen molar-refractivity contribution in [2.75, 3.05) is 25.5 Å². The van der Waals surface area contributed by atoms with Gasteiger partial charge in [0.2, 0.25) is 5.91 Å². The number of amides is 2. The number of anilines is 1. The fourth-order valence-corrected chi connectivity index (χ4v) is 2.26. The number of ether oxygens (including phenoxy) is 1. The highest BCUT2D eigenvalue weighted by atomic mass is 16.5. The van der Waals surface area contributed by atoms with Crippen molar-refractivity contribution in [1.82, 2.24) is 4.90 Å². The number of nitrogens with zero attached hydrogens (tertiary/aromatic N) is 1. The van der Waals surface area contributed by atoms with Gasteiger partial charge in [-0.05, 0) is 42.8 Å². The largest absolute Gasteiger partial charge is 0.494 e. The van der Waals surface area contributed by atoms with E-state index in [0.29, 0.717) is 17.9 Å². The topological polar surface area (TPSA) is 58.6 Å². The van der Waals surface area contributed by atoms with Crippen molar-refractivity contribution < 1.29 is 14.3 Å². The van der Waals surface area contributed by atoms with Gasteiger partial charge in [0.25, 0.3) is 5.91 Å². The number of carbonyl (C=O) groups excluding carboxylic acids is 2. The third-order valence-corrected chi connectivity index (χ3v) is 3.65. The van der Waals surface area contributed by atoms with Gasteiger partial charge in [-0.1, -0.05) is 31.5 Å². The average Bonchev–Trinajstić information content (AvgIpc) is 2.62. The van der Waals surface area contributed by atoms with Crippen LogP contribution in [0.15, 0.2) is 54.6 Å². The van der Waals surface area contributed by atoms with E-state index in [1.54, 1.807) is 43.4 Å². The summed E-state index contributed by atoms with van der Waals surface area (Å²) < 4.78 is 5.58. The summed E-state index contributed by atoms with van der Waals surface area (Å²) in [5.41, 5.74) is 1.24. The molecule has 25 heavy (non-hydrogen) atoms. The van der Waals surface area contributed by atoms with E-state index in [2.05, 4.69) is 12.2 Å². The molecule has 5 heteroatoms. The zero-order chi connectivity index (χ0) is 18.1. The number of rotatable bonds is 8. The molecule has 5 nitrogen and oxygen atoms in total. The van der Waals surface area contributed by atoms with Crippen molar-refractivity contribution >= 4 is 17.5 Å². The first kappa shape index (κ1) is 18.5. The summed E-state index contributed by atoms with van der Waals surface area (Å²) in [4.78, 5) is 25.8. The molecule has 0 saturated carbocycles. The normalized spacial score (nSPS) is 10.2. The van der Waals surface area contributed by atoms with Gasteiger partial charge in [-0.3, -0.25) is 9.59 Å². The molecule has 0 heterocycles. The Morgan fingerprint density at radius 2 is 1.72 bits per heavy atom. The third-order valence-electron chi connectivity index (χ3n) is 3.65. The summed E-state index contributed by atoms with van der Waals surface area (Å²) in [5.74, 6) is 0.305. The van der Waals surface area contributed by atoms with Gasteiger partial charge in [-0.2, -0.15) is 0 Å². The van der Waals surface area contributed by atoms with E-state index in [0.717, 1.165) is 18.6 Å². The number of nitrogens with one attached hydrogen (secondary N) is 1. The Hall–Kier alpha value is -2.82. The standard InChI is InChI=1S/C20H24N2O3/c1-3-4-14-25-18-12-10-16(11-13-18)20(24)22(2)15-19(23)21-17-8-6-5-7-9-17/h5-13H,3-4,14-15H2,1-2H3,(H,21,23). The molecule has 0 atom stereocenters. The van der Waals surface area contributed by atoms with Crippen LogP contribution in [0.5, 0.6) is 5.75 Å². The second-order valence-corrected chi connectivity index (χ2v) is 5.80. The van der Waals surface area contributed by atoms with Crippen LogP contribution in [0.1, 0.15) is 30.1 Å². The highest BCUT2D eigenvalue weighted by Gasteiger charge is 2.15. The van der Waals surface area contributed by atoms with E-state index in [9.17, 15) is 9.59 Å². The Balaban J connectivity index is 1.87. The molecule has 132 valence electrons. The van der Waals surface area contributed by atoms with E-state index < -0.39 is 0 Å². The summed E-state index contributed by atoms with van der Waals surface area (Å²) in [5, 5.41) is 2.76. The van der Waals surface area contributed by atoms with E-state index in [1.165, 1.54) is 4.90 Å². The highest BCUT2D eigenvalue weighted by molar-refractivity contribution is 5.99. The number of hydrogen-bond acceptors (Lipinski definition) is 3. The highest BCUT2D eigenvalue weighted by Crippen LogP contribution is 2.14. The minimum Gasteiger partial charge on any atom is -0.494 e. The Morgan fingerprint density at radius 1 is 1.04 bits per heavy atom. The fourth-order valence-electron chi connectivity index (χ4n) is 2.26. The number of carbonyl (C=O) groups is 2. The van der Waals surface area contributed by atoms with Crippen LogP contribution in [0.4, 0.5) is 5.69 Å². The molecule has 2 aromatic rings. The summed E-state index contributed by atoms with van der Waals surface area (Å²) in [7, 11) is 1.61. The lowest BCUT2D eigenvalue weighted by molar-refractivity contribution is -0.116. The van der Waals surface area contributed by atoms with Crippen LogP contribution in [-0.2, 0) is 4.79 Å². The monoisotopic (exact) mass is 340 g/mol. The van der Waals surface area contributed by atoms with Crippen LogP contribution in [0.25, 0.3) is 0 Å². The number of unbranched alkanes of at least 4 members (excludes halogenated alkanes) is 1. The minimum atomic E-state index is -0.235. The maximum Gasteiger partial charge on any atom is 0.254 e. The van der Waals surface area contributed by atoms with Gasteiger partial charge in [0.15, 0.2) is 0 Å². The minimum absolute atomic E-state index is 0.0114. The predicted molar refractivity (Wildman–Crippen MR) is 98.9 cm³/mol. The molecular weight excluding hydrogens is 316 g/mol. The Labute approximate surface area is 148 Å². The molecule has 0 radical (unpaired) electrons. The lowest BCUT2D eigenvalue weighted by atomic mass is 10.2. The smallest absolute Gasteiger partial charge is 0.254 e. The quantitative estimate of drug-likeness (QED) is 0.747. The lowest BCUT2D eigenvalue weighted by Gasteiger charge is -2.17. The van der Waals surface area contributed by atoms with Crippen molar-refractivity contribution in [3.63, 3.8) is 0 Å². The van der Waals surface area contributed by atoms with Crippen LogP contribution < -0.4 is 10.1 Å². The van der Waals surface area contributed by atoms with E-state index >= 15 is 0 Å². The van der Waals surface area contributed by atoms with Crippen molar-refractivity contribution in [2.45, 2.75) is 19.8 Å². The summed E-state index contributed by atoms with van der Waals surface area (Å²) in [6.07, 6.45) is 2.08. The lowest BCUT2D eigenvalue weighted by Crippen LogP contribution is -2.34. The molecule has 0 bridgehead atoms. The van der Waals surface area contributed by atoms with Crippen molar-refractivity contribution in [1.29, 1.82) is 0 Å². The number of hydrogen-bond donors (Lipinski definition) is 1. The first-order valence-corrected chi connectivity index (χ1v) is 8.43. The predicted octanol–water partition coefficient (Wildman–Crippen LogP) is 3.58. The maximum absolute atomic E-state index is 12.4. The van der Waals surface area contributed by atoms with Crippen LogP contribution in [0.2, 0.25) is 0 Å². The molecule has 0 unspecified atom stereocenters. The SMILES string of the molecule is CCCCOc1ccc(C(=O)N(C)CC(=O)Nc2ccccc2)cc1. The molecule has 0 aliphatic rings. The second kappa shape index (κ2) is 9.47. The van der Waals surface area contributed by atoms with Crippen molar-refractivity contribution in [3.8, 4) is 5.75 Å². The zero-order valence-electron chi connectivity index (χ0n) is 14.7. The van der Waals surface area contributed by atoms with Gasteiger partial charge >= 0.3 is 0 Å². The molecular formula is C20H24N2O3. The Bertz CT molecular complexity index is 684. The van der Waals surface area contributed by atoms with Crippen LogP contribution >= 0.6 is 0 Å². The number of para-hydroxylation sites is 1. The molecule has 2 rings (SSSR count). The van der Waals surface area contributed by atoms with E-state index in [1.807, 2.05) is 18.2 Å². The van der Waals surface area contributed by atoms with Crippen LogP contribution in [0.3, 0.4) is 0 Å². The van der Waals surface area contributed by atoms with Gasteiger partial charge in [0, 0.05) is 18.3 Å². The Morgan fingerprint density at radius 3 is 2.36 bits per heavy atom. The van der Waals surface area contributed by atoms with Crippen LogP contribution in [0, 0.1) is 0 Å². The maximum atomic E-state index is 12.4. The van der Waals surface area contributed by atoms with E-state index in [-0.39, 0.29) is 18.4 Å². The summed E-state index contributed by atoms with van der Waals surface area (Å²) in [6.45, 7) is 2.76. The molecule has 2 amide bonds. The van der Waals surface area contributed by atoms with Gasteiger partial charge < -0.3 is 15.0 Å². The third kappa shape index (κ3) is 5.95. The molecule has 0 spiro atoms. The average molecular weight is 340 g/mol. The van der Waals surface area contributed by atoms with Crippen molar-refractivity contribution in [3.05, 3.63) is 60.2 Å². The molecule has 0 fully saturated rings. The molecule has 2 aromatic carbocycles. The van der Waals surface area contributed by atoms with Crippen LogP contribution in [-0.4, -0.2) is 36.9 Å².